The SMILES string of the molecule is CNC(=O)CSc1ccc(S(=O)(=O)NC)cc1N. The van der Waals surface area contributed by atoms with Gasteiger partial charge in [0, 0.05) is 17.6 Å². The van der Waals surface area contributed by atoms with Gasteiger partial charge in [-0.1, -0.05) is 0 Å². The van der Waals surface area contributed by atoms with Gasteiger partial charge in [0.25, 0.3) is 0 Å². The van der Waals surface area contributed by atoms with Gasteiger partial charge in [0.05, 0.1) is 10.6 Å². The minimum absolute atomic E-state index is 0.104. The van der Waals surface area contributed by atoms with E-state index in [1.54, 1.807) is 13.1 Å². The highest BCUT2D eigenvalue weighted by Gasteiger charge is 2.13. The van der Waals surface area contributed by atoms with Crippen LogP contribution in [0.5, 0.6) is 0 Å². The Bertz CT molecular complexity index is 543. The third kappa shape index (κ3) is 3.62. The van der Waals surface area contributed by atoms with Crippen molar-refractivity contribution in [2.24, 2.45) is 0 Å². The molecule has 0 aliphatic carbocycles. The van der Waals surface area contributed by atoms with Crippen LogP contribution in [0.25, 0.3) is 0 Å². The molecule has 0 saturated heterocycles. The number of hydrogen-bond donors (Lipinski definition) is 3. The number of amides is 1. The lowest BCUT2D eigenvalue weighted by atomic mass is 10.3. The lowest BCUT2D eigenvalue weighted by Gasteiger charge is -2.08. The Morgan fingerprint density at radius 2 is 2.06 bits per heavy atom. The van der Waals surface area contributed by atoms with Gasteiger partial charge in [-0.2, -0.15) is 0 Å². The van der Waals surface area contributed by atoms with Crippen LogP contribution in [-0.4, -0.2) is 34.2 Å². The molecule has 0 spiro atoms. The second kappa shape index (κ2) is 6.07. The Balaban J connectivity index is 2.90. The molecule has 0 fully saturated rings. The zero-order valence-corrected chi connectivity index (χ0v) is 11.7. The van der Waals surface area contributed by atoms with Crippen LogP contribution in [0.1, 0.15) is 0 Å². The number of rotatable bonds is 5. The van der Waals surface area contributed by atoms with Crippen LogP contribution < -0.4 is 15.8 Å². The molecule has 0 aliphatic rings. The fraction of sp³-hybridized carbons (Fsp3) is 0.300. The Kier molecular flexibility index (Phi) is 5.00. The molecule has 1 aromatic rings. The average molecular weight is 289 g/mol. The van der Waals surface area contributed by atoms with Crippen molar-refractivity contribution in [2.75, 3.05) is 25.6 Å². The predicted octanol–water partition coefficient (Wildman–Crippen LogP) is 0.0150. The van der Waals surface area contributed by atoms with E-state index in [2.05, 4.69) is 10.0 Å². The maximum Gasteiger partial charge on any atom is 0.240 e. The summed E-state index contributed by atoms with van der Waals surface area (Å²) >= 11 is 1.25. The van der Waals surface area contributed by atoms with Crippen molar-refractivity contribution in [1.29, 1.82) is 0 Å². The zero-order valence-electron chi connectivity index (χ0n) is 10.1. The molecule has 0 atom stereocenters. The standard InChI is InChI=1S/C10H15N3O3S2/c1-12-10(14)6-17-9-4-3-7(5-8(9)11)18(15,16)13-2/h3-5,13H,6,11H2,1-2H3,(H,12,14). The van der Waals surface area contributed by atoms with Gasteiger partial charge < -0.3 is 11.1 Å². The van der Waals surface area contributed by atoms with E-state index in [0.29, 0.717) is 10.6 Å². The van der Waals surface area contributed by atoms with E-state index < -0.39 is 10.0 Å². The molecule has 1 rings (SSSR count). The van der Waals surface area contributed by atoms with E-state index in [9.17, 15) is 13.2 Å². The fourth-order valence-electron chi connectivity index (χ4n) is 1.16. The van der Waals surface area contributed by atoms with Crippen molar-refractivity contribution in [3.05, 3.63) is 18.2 Å². The molecular formula is C10H15N3O3S2. The monoisotopic (exact) mass is 289 g/mol. The third-order valence-electron chi connectivity index (χ3n) is 2.20. The molecule has 0 unspecified atom stereocenters. The summed E-state index contributed by atoms with van der Waals surface area (Å²) in [7, 11) is -0.608. The maximum absolute atomic E-state index is 11.5. The second-order valence-corrected chi connectivity index (χ2v) is 6.27. The highest BCUT2D eigenvalue weighted by atomic mass is 32.2. The van der Waals surface area contributed by atoms with Gasteiger partial charge in [-0.15, -0.1) is 11.8 Å². The quantitative estimate of drug-likeness (QED) is 0.524. The lowest BCUT2D eigenvalue weighted by Crippen LogP contribution is -2.20. The van der Waals surface area contributed by atoms with Gasteiger partial charge in [-0.05, 0) is 25.2 Å². The summed E-state index contributed by atoms with van der Waals surface area (Å²) in [6.07, 6.45) is 0. The summed E-state index contributed by atoms with van der Waals surface area (Å²) in [5.74, 6) is 0.116. The van der Waals surface area contributed by atoms with Gasteiger partial charge in [0.2, 0.25) is 15.9 Å². The number of thioether (sulfide) groups is 1. The summed E-state index contributed by atoms with van der Waals surface area (Å²) in [5, 5.41) is 2.49. The highest BCUT2D eigenvalue weighted by Crippen LogP contribution is 2.27. The fourth-order valence-corrected chi connectivity index (χ4v) is 2.74. The van der Waals surface area contributed by atoms with E-state index in [1.165, 1.54) is 30.9 Å². The van der Waals surface area contributed by atoms with Crippen LogP contribution in [0.15, 0.2) is 28.0 Å². The van der Waals surface area contributed by atoms with E-state index in [4.69, 9.17) is 5.73 Å². The van der Waals surface area contributed by atoms with Crippen molar-refractivity contribution < 1.29 is 13.2 Å². The summed E-state index contributed by atoms with van der Waals surface area (Å²) in [6, 6.07) is 4.42. The average Bonchev–Trinajstić information content (AvgIpc) is 2.36. The molecule has 8 heteroatoms. The molecule has 0 aromatic heterocycles. The largest absolute Gasteiger partial charge is 0.398 e. The number of nitrogens with two attached hydrogens (primary N) is 1. The first-order valence-corrected chi connectivity index (χ1v) is 7.54. The zero-order chi connectivity index (χ0) is 13.8. The Labute approximate surface area is 110 Å². The van der Waals surface area contributed by atoms with E-state index >= 15 is 0 Å². The van der Waals surface area contributed by atoms with Crippen molar-refractivity contribution in [2.45, 2.75) is 9.79 Å². The van der Waals surface area contributed by atoms with Gasteiger partial charge in [0.15, 0.2) is 0 Å². The van der Waals surface area contributed by atoms with Crippen LogP contribution >= 0.6 is 11.8 Å². The first kappa shape index (κ1) is 14.8. The molecule has 1 aromatic carbocycles. The van der Waals surface area contributed by atoms with E-state index in [1.807, 2.05) is 0 Å². The van der Waals surface area contributed by atoms with E-state index in [-0.39, 0.29) is 16.6 Å². The normalized spacial score (nSPS) is 11.2. The molecular weight excluding hydrogens is 274 g/mol. The third-order valence-corrected chi connectivity index (χ3v) is 4.70. The molecule has 0 heterocycles. The molecule has 100 valence electrons. The number of sulfonamides is 1. The lowest BCUT2D eigenvalue weighted by molar-refractivity contribution is -0.118. The van der Waals surface area contributed by atoms with Gasteiger partial charge in [-0.3, -0.25) is 4.79 Å². The van der Waals surface area contributed by atoms with E-state index in [0.717, 1.165) is 0 Å². The molecule has 1 amide bonds. The summed E-state index contributed by atoms with van der Waals surface area (Å²) in [4.78, 5) is 11.9. The Morgan fingerprint density at radius 1 is 1.39 bits per heavy atom. The smallest absolute Gasteiger partial charge is 0.240 e. The highest BCUT2D eigenvalue weighted by molar-refractivity contribution is 8.00. The van der Waals surface area contributed by atoms with Crippen molar-refractivity contribution >= 4 is 33.4 Å². The van der Waals surface area contributed by atoms with Crippen molar-refractivity contribution in [3.63, 3.8) is 0 Å². The van der Waals surface area contributed by atoms with Gasteiger partial charge in [0.1, 0.15) is 0 Å². The van der Waals surface area contributed by atoms with Crippen LogP contribution in [0, 0.1) is 0 Å². The van der Waals surface area contributed by atoms with Crippen molar-refractivity contribution in [3.8, 4) is 0 Å². The topological polar surface area (TPSA) is 101 Å². The van der Waals surface area contributed by atoms with Gasteiger partial charge in [-0.25, -0.2) is 13.1 Å². The number of benzene rings is 1. The first-order valence-electron chi connectivity index (χ1n) is 5.07. The molecule has 18 heavy (non-hydrogen) atoms. The number of hydrogen-bond acceptors (Lipinski definition) is 5. The predicted molar refractivity (Wildman–Crippen MR) is 71.9 cm³/mol. The maximum atomic E-state index is 11.5. The van der Waals surface area contributed by atoms with Crippen LogP contribution in [0.4, 0.5) is 5.69 Å². The number of carbonyl (C=O) groups is 1. The molecule has 6 nitrogen and oxygen atoms in total. The molecule has 0 bridgehead atoms. The number of anilines is 1. The molecule has 0 radical (unpaired) electrons. The summed E-state index contributed by atoms with van der Waals surface area (Å²) < 4.78 is 25.3. The first-order chi connectivity index (χ1) is 8.40. The number of carbonyl (C=O) groups excluding carboxylic acids is 1. The minimum Gasteiger partial charge on any atom is -0.398 e. The Morgan fingerprint density at radius 3 is 2.56 bits per heavy atom. The molecule has 0 saturated carbocycles. The number of nitrogens with one attached hydrogen (secondary N) is 2. The molecule has 4 N–H and O–H groups in total. The molecule has 0 aliphatic heterocycles. The van der Waals surface area contributed by atoms with Crippen molar-refractivity contribution in [1.82, 2.24) is 10.0 Å². The Hall–Kier alpha value is -1.25. The second-order valence-electron chi connectivity index (χ2n) is 3.37. The van der Waals surface area contributed by atoms with Crippen LogP contribution in [0.3, 0.4) is 0 Å². The van der Waals surface area contributed by atoms with Crippen LogP contribution in [-0.2, 0) is 14.8 Å². The summed E-state index contributed by atoms with van der Waals surface area (Å²) in [5.41, 5.74) is 6.09. The minimum atomic E-state index is -3.49. The van der Waals surface area contributed by atoms with Crippen LogP contribution in [0.2, 0.25) is 0 Å². The number of nitrogen functional groups attached to an aromatic ring is 1. The summed E-state index contributed by atoms with van der Waals surface area (Å²) in [6.45, 7) is 0. The van der Waals surface area contributed by atoms with Gasteiger partial charge >= 0.3 is 0 Å².